The Morgan fingerprint density at radius 3 is 2.54 bits per heavy atom. The minimum absolute atomic E-state index is 0.553. The summed E-state index contributed by atoms with van der Waals surface area (Å²) in [6.07, 6.45) is 1.75. The van der Waals surface area contributed by atoms with Crippen LogP contribution in [0, 0.1) is 6.92 Å². The lowest BCUT2D eigenvalue weighted by Gasteiger charge is -2.28. The SMILES string of the molecule is Cc1nc(N)sc1-c1ccnc(Nc2ccc(N3CCSCC3)cc2)n1. The summed E-state index contributed by atoms with van der Waals surface area (Å²) in [5.41, 5.74) is 9.75. The molecule has 1 aliphatic heterocycles. The first kappa shape index (κ1) is 17.1. The Morgan fingerprint density at radius 1 is 1.08 bits per heavy atom. The van der Waals surface area contributed by atoms with Crippen molar-refractivity contribution < 1.29 is 0 Å². The minimum atomic E-state index is 0.553. The van der Waals surface area contributed by atoms with Gasteiger partial charge in [-0.2, -0.15) is 11.8 Å². The first-order valence-corrected chi connectivity index (χ1v) is 10.4. The number of aryl methyl sites for hydroxylation is 1. The molecule has 0 saturated carbocycles. The van der Waals surface area contributed by atoms with Gasteiger partial charge < -0.3 is 16.0 Å². The lowest BCUT2D eigenvalue weighted by molar-refractivity contribution is 0.859. The van der Waals surface area contributed by atoms with Crippen molar-refractivity contribution in [1.29, 1.82) is 0 Å². The number of benzene rings is 1. The molecule has 4 rings (SSSR count). The maximum atomic E-state index is 5.80. The largest absolute Gasteiger partial charge is 0.375 e. The molecule has 3 heterocycles. The first-order chi connectivity index (χ1) is 12.7. The number of nitrogens with two attached hydrogens (primary N) is 1. The highest BCUT2D eigenvalue weighted by Gasteiger charge is 2.12. The number of thioether (sulfide) groups is 1. The molecule has 1 aliphatic rings. The van der Waals surface area contributed by atoms with E-state index >= 15 is 0 Å². The van der Waals surface area contributed by atoms with Crippen LogP contribution >= 0.6 is 23.1 Å². The molecule has 3 N–H and O–H groups in total. The predicted octanol–water partition coefficient (Wildman–Crippen LogP) is 3.79. The number of nitrogen functional groups attached to an aromatic ring is 1. The molecule has 26 heavy (non-hydrogen) atoms. The van der Waals surface area contributed by atoms with E-state index in [1.807, 2.05) is 24.8 Å². The molecule has 3 aromatic rings. The molecule has 134 valence electrons. The van der Waals surface area contributed by atoms with Crippen molar-refractivity contribution in [3.05, 3.63) is 42.2 Å². The van der Waals surface area contributed by atoms with Gasteiger partial charge in [0.2, 0.25) is 5.95 Å². The van der Waals surface area contributed by atoms with Crippen LogP contribution in [-0.2, 0) is 0 Å². The molecular formula is C18H20N6S2. The lowest BCUT2D eigenvalue weighted by atomic mass is 10.2. The molecule has 0 atom stereocenters. The highest BCUT2D eigenvalue weighted by molar-refractivity contribution is 7.99. The van der Waals surface area contributed by atoms with Gasteiger partial charge >= 0.3 is 0 Å². The summed E-state index contributed by atoms with van der Waals surface area (Å²) < 4.78 is 0. The Morgan fingerprint density at radius 2 is 1.85 bits per heavy atom. The average Bonchev–Trinajstić information content (AvgIpc) is 3.01. The summed E-state index contributed by atoms with van der Waals surface area (Å²) in [6, 6.07) is 10.3. The van der Waals surface area contributed by atoms with E-state index in [1.165, 1.54) is 28.5 Å². The molecule has 0 radical (unpaired) electrons. The average molecular weight is 385 g/mol. The van der Waals surface area contributed by atoms with Gasteiger partial charge in [-0.15, -0.1) is 0 Å². The second kappa shape index (κ2) is 7.51. The van der Waals surface area contributed by atoms with Crippen molar-refractivity contribution in [2.75, 3.05) is 40.5 Å². The molecular weight excluding hydrogens is 364 g/mol. The Kier molecular flexibility index (Phi) is 4.94. The fourth-order valence-corrected chi connectivity index (χ4v) is 4.61. The molecule has 1 aromatic carbocycles. The van der Waals surface area contributed by atoms with Crippen molar-refractivity contribution in [1.82, 2.24) is 15.0 Å². The van der Waals surface area contributed by atoms with Gasteiger partial charge in [0.25, 0.3) is 0 Å². The number of hydrogen-bond acceptors (Lipinski definition) is 8. The van der Waals surface area contributed by atoms with Crippen LogP contribution in [0.2, 0.25) is 0 Å². The van der Waals surface area contributed by atoms with E-state index in [9.17, 15) is 0 Å². The molecule has 0 amide bonds. The molecule has 0 aliphatic carbocycles. The van der Waals surface area contributed by atoms with Crippen LogP contribution < -0.4 is 16.0 Å². The molecule has 1 fully saturated rings. The fraction of sp³-hybridized carbons (Fsp3) is 0.278. The third kappa shape index (κ3) is 3.76. The summed E-state index contributed by atoms with van der Waals surface area (Å²) >= 11 is 3.46. The predicted molar refractivity (Wildman–Crippen MR) is 112 cm³/mol. The maximum absolute atomic E-state index is 5.80. The van der Waals surface area contributed by atoms with Crippen molar-refractivity contribution in [2.45, 2.75) is 6.92 Å². The Balaban J connectivity index is 1.50. The van der Waals surface area contributed by atoms with Crippen molar-refractivity contribution in [3.8, 4) is 10.6 Å². The fourth-order valence-electron chi connectivity index (χ4n) is 2.91. The number of aromatic nitrogens is 3. The quantitative estimate of drug-likeness (QED) is 0.708. The Hall–Kier alpha value is -2.32. The van der Waals surface area contributed by atoms with Crippen LogP contribution in [0.1, 0.15) is 5.69 Å². The standard InChI is InChI=1S/C18H20N6S2/c1-12-16(26-17(19)21-12)15-6-7-20-18(23-15)22-13-2-4-14(5-3-13)24-8-10-25-11-9-24/h2-7H,8-11H2,1H3,(H2,19,21)(H,20,22,23). The smallest absolute Gasteiger partial charge is 0.227 e. The van der Waals surface area contributed by atoms with E-state index in [2.05, 4.69) is 49.4 Å². The van der Waals surface area contributed by atoms with Gasteiger partial charge in [0.05, 0.1) is 16.3 Å². The van der Waals surface area contributed by atoms with E-state index < -0.39 is 0 Å². The number of nitrogens with one attached hydrogen (secondary N) is 1. The maximum Gasteiger partial charge on any atom is 0.227 e. The number of hydrogen-bond donors (Lipinski definition) is 2. The van der Waals surface area contributed by atoms with Gasteiger partial charge in [-0.1, -0.05) is 11.3 Å². The van der Waals surface area contributed by atoms with Crippen molar-refractivity contribution in [2.24, 2.45) is 0 Å². The first-order valence-electron chi connectivity index (χ1n) is 8.45. The van der Waals surface area contributed by atoms with Crippen LogP contribution in [0.5, 0.6) is 0 Å². The third-order valence-corrected chi connectivity index (χ3v) is 6.15. The summed E-state index contributed by atoms with van der Waals surface area (Å²) in [4.78, 5) is 16.6. The van der Waals surface area contributed by atoms with Crippen LogP contribution in [0.3, 0.4) is 0 Å². The molecule has 1 saturated heterocycles. The Bertz CT molecular complexity index is 887. The molecule has 2 aromatic heterocycles. The van der Waals surface area contributed by atoms with Gasteiger partial charge in [-0.25, -0.2) is 15.0 Å². The number of rotatable bonds is 4. The van der Waals surface area contributed by atoms with Gasteiger partial charge in [-0.3, -0.25) is 0 Å². The van der Waals surface area contributed by atoms with Crippen LogP contribution in [0.4, 0.5) is 22.5 Å². The highest BCUT2D eigenvalue weighted by atomic mass is 32.2. The van der Waals surface area contributed by atoms with E-state index in [4.69, 9.17) is 5.73 Å². The van der Waals surface area contributed by atoms with E-state index in [0.29, 0.717) is 11.1 Å². The summed E-state index contributed by atoms with van der Waals surface area (Å²) in [6.45, 7) is 4.16. The highest BCUT2D eigenvalue weighted by Crippen LogP contribution is 2.30. The number of anilines is 4. The summed E-state index contributed by atoms with van der Waals surface area (Å²) in [5, 5.41) is 3.83. The normalized spacial score (nSPS) is 14.4. The van der Waals surface area contributed by atoms with Crippen LogP contribution in [0.15, 0.2) is 36.5 Å². The lowest BCUT2D eigenvalue weighted by Crippen LogP contribution is -2.32. The van der Waals surface area contributed by atoms with Crippen LogP contribution in [-0.4, -0.2) is 39.5 Å². The zero-order valence-corrected chi connectivity index (χ0v) is 16.1. The molecule has 8 heteroatoms. The zero-order valence-electron chi connectivity index (χ0n) is 14.5. The second-order valence-electron chi connectivity index (χ2n) is 6.00. The van der Waals surface area contributed by atoms with Gasteiger partial charge in [0.15, 0.2) is 5.13 Å². The van der Waals surface area contributed by atoms with Gasteiger partial charge in [0.1, 0.15) is 0 Å². The molecule has 0 unspecified atom stereocenters. The van der Waals surface area contributed by atoms with Crippen LogP contribution in [0.25, 0.3) is 10.6 Å². The van der Waals surface area contributed by atoms with Gasteiger partial charge in [0, 0.05) is 42.2 Å². The Labute approximate surface area is 160 Å². The van der Waals surface area contributed by atoms with Crippen molar-refractivity contribution in [3.63, 3.8) is 0 Å². The number of nitrogens with zero attached hydrogens (tertiary/aromatic N) is 4. The van der Waals surface area contributed by atoms with E-state index in [0.717, 1.165) is 35.0 Å². The molecule has 0 spiro atoms. The molecule has 0 bridgehead atoms. The summed E-state index contributed by atoms with van der Waals surface area (Å²) in [7, 11) is 0. The second-order valence-corrected chi connectivity index (χ2v) is 8.26. The summed E-state index contributed by atoms with van der Waals surface area (Å²) in [5.74, 6) is 2.96. The van der Waals surface area contributed by atoms with Crippen molar-refractivity contribution >= 4 is 45.6 Å². The zero-order chi connectivity index (χ0) is 17.9. The molecule has 6 nitrogen and oxygen atoms in total. The minimum Gasteiger partial charge on any atom is -0.375 e. The third-order valence-electron chi connectivity index (χ3n) is 4.20. The van der Waals surface area contributed by atoms with E-state index in [-0.39, 0.29) is 0 Å². The monoisotopic (exact) mass is 384 g/mol. The topological polar surface area (TPSA) is 80.0 Å². The van der Waals surface area contributed by atoms with E-state index in [1.54, 1.807) is 6.20 Å². The number of thiazole rings is 1. The van der Waals surface area contributed by atoms with Gasteiger partial charge in [-0.05, 0) is 37.3 Å².